The highest BCUT2D eigenvalue weighted by Crippen LogP contribution is 2.08. The number of carboxylic acid groups (broad SMARTS) is 2. The maximum Gasteiger partial charge on any atom is 0.320 e. The predicted octanol–water partition coefficient (Wildman–Crippen LogP) is 3.96. The fraction of sp³-hybridized carbons (Fsp3) is 0.708. The minimum atomic E-state index is -0.832. The van der Waals surface area contributed by atoms with Crippen molar-refractivity contribution < 1.29 is 19.8 Å². The van der Waals surface area contributed by atoms with Gasteiger partial charge in [0.2, 0.25) is 0 Å². The number of nitrogens with one attached hydrogen (secondary N) is 1. The maximum atomic E-state index is 11.3. The monoisotopic (exact) mass is 452 g/mol. The lowest BCUT2D eigenvalue weighted by atomic mass is 10.1. The fourth-order valence-electron chi connectivity index (χ4n) is 3.23. The Balaban J connectivity index is 3.53. The molecule has 0 saturated carbocycles. The van der Waals surface area contributed by atoms with E-state index in [9.17, 15) is 14.7 Å². The van der Waals surface area contributed by atoms with E-state index in [2.05, 4.69) is 34.6 Å². The van der Waals surface area contributed by atoms with Gasteiger partial charge in [-0.15, -0.1) is 0 Å². The lowest BCUT2D eigenvalue weighted by Gasteiger charge is -2.13. The molecule has 0 bridgehead atoms. The van der Waals surface area contributed by atoms with Crippen LogP contribution in [-0.4, -0.2) is 47.2 Å². The van der Waals surface area contributed by atoms with E-state index in [0.29, 0.717) is 25.9 Å². The van der Waals surface area contributed by atoms with Crippen molar-refractivity contribution in [1.29, 1.82) is 0 Å². The van der Waals surface area contributed by atoms with Crippen LogP contribution in [0.5, 0.6) is 0 Å². The van der Waals surface area contributed by atoms with Gasteiger partial charge in [-0.25, -0.2) is 0 Å². The fourth-order valence-corrected chi connectivity index (χ4v) is 3.23. The number of allylic oxidation sites excluding steroid dienone is 4. The van der Waals surface area contributed by atoms with Crippen molar-refractivity contribution in [3.8, 4) is 0 Å². The molecular weight excluding hydrogens is 408 g/mol. The van der Waals surface area contributed by atoms with E-state index >= 15 is 0 Å². The van der Waals surface area contributed by atoms with Gasteiger partial charge in [-0.3, -0.25) is 14.6 Å². The number of unbranched alkanes of at least 4 members (excludes halogenated alkanes) is 8. The minimum Gasteiger partial charge on any atom is -0.481 e. The molecule has 0 heterocycles. The van der Waals surface area contributed by atoms with Gasteiger partial charge in [-0.1, -0.05) is 50.0 Å². The van der Waals surface area contributed by atoms with Crippen molar-refractivity contribution in [2.24, 2.45) is 16.5 Å². The van der Waals surface area contributed by atoms with Crippen LogP contribution in [-0.2, 0) is 9.59 Å². The summed E-state index contributed by atoms with van der Waals surface area (Å²) in [5.41, 5.74) is 10.5. The average molecular weight is 453 g/mol. The molecule has 0 aromatic heterocycles. The van der Waals surface area contributed by atoms with Gasteiger partial charge in [-0.05, 0) is 64.3 Å². The highest BCUT2D eigenvalue weighted by Gasteiger charge is 2.15. The number of rotatable bonds is 22. The number of hydrogen-bond acceptors (Lipinski definition) is 4. The highest BCUT2D eigenvalue weighted by atomic mass is 16.4. The normalized spacial score (nSPS) is 12.4. The largest absolute Gasteiger partial charge is 0.481 e. The highest BCUT2D eigenvalue weighted by molar-refractivity contribution is 5.75. The third kappa shape index (κ3) is 22.3. The number of aliphatic carboxylic acids is 2. The van der Waals surface area contributed by atoms with Gasteiger partial charge < -0.3 is 27.0 Å². The number of hydrogen-bond donors (Lipinski definition) is 5. The molecule has 0 fully saturated rings. The van der Waals surface area contributed by atoms with Gasteiger partial charge in [-0.2, -0.15) is 0 Å². The first-order valence-corrected chi connectivity index (χ1v) is 12.0. The molecule has 0 radical (unpaired) electrons. The van der Waals surface area contributed by atoms with Crippen LogP contribution >= 0.6 is 0 Å². The Labute approximate surface area is 193 Å². The lowest BCUT2D eigenvalue weighted by Crippen LogP contribution is -2.37. The standard InChI is InChI=1S/C24H44N4O4/c25-24(26)28-20-16-17-21(23(31)32)27-19-15-13-11-9-7-5-3-1-2-4-6-8-10-12-14-18-22(29)30/h1-2,5,7,21,27H,3-4,6,8-20H2,(H,29,30)(H,31,32)(H4,25,26,28)/t21-/m0/s1. The molecule has 184 valence electrons. The zero-order valence-electron chi connectivity index (χ0n) is 19.5. The molecule has 0 aromatic rings. The second-order valence-electron chi connectivity index (χ2n) is 8.02. The van der Waals surface area contributed by atoms with Crippen LogP contribution < -0.4 is 16.8 Å². The number of guanidine groups is 1. The quantitative estimate of drug-likeness (QED) is 0.0721. The van der Waals surface area contributed by atoms with Gasteiger partial charge in [0.25, 0.3) is 0 Å². The summed E-state index contributed by atoms with van der Waals surface area (Å²) in [6.45, 7) is 1.15. The van der Waals surface area contributed by atoms with Gasteiger partial charge >= 0.3 is 11.9 Å². The minimum absolute atomic E-state index is 0.0354. The molecule has 0 aliphatic carbocycles. The Morgan fingerprint density at radius 3 is 2.00 bits per heavy atom. The van der Waals surface area contributed by atoms with Crippen LogP contribution in [0.2, 0.25) is 0 Å². The first-order chi connectivity index (χ1) is 15.4. The van der Waals surface area contributed by atoms with Gasteiger partial charge in [0.05, 0.1) is 0 Å². The van der Waals surface area contributed by atoms with Gasteiger partial charge in [0.1, 0.15) is 6.04 Å². The van der Waals surface area contributed by atoms with Crippen LogP contribution in [0.15, 0.2) is 29.3 Å². The Morgan fingerprint density at radius 2 is 1.41 bits per heavy atom. The summed E-state index contributed by atoms with van der Waals surface area (Å²) >= 11 is 0. The van der Waals surface area contributed by atoms with E-state index in [1.165, 1.54) is 12.8 Å². The van der Waals surface area contributed by atoms with Crippen molar-refractivity contribution in [2.75, 3.05) is 13.1 Å². The molecular formula is C24H44N4O4. The molecule has 0 aliphatic rings. The summed E-state index contributed by atoms with van der Waals surface area (Å²) in [4.78, 5) is 25.5. The molecule has 0 aromatic carbocycles. The molecule has 8 nitrogen and oxygen atoms in total. The SMILES string of the molecule is NC(N)=NCCC[C@H](NCCCCCC=CCC=CCCCCCCCC(=O)O)C(=O)O. The number of nitrogens with two attached hydrogens (primary N) is 2. The number of nitrogens with zero attached hydrogens (tertiary/aromatic N) is 1. The molecule has 0 saturated heterocycles. The predicted molar refractivity (Wildman–Crippen MR) is 131 cm³/mol. The summed E-state index contributed by atoms with van der Waals surface area (Å²) in [6.07, 6.45) is 21.7. The Hall–Kier alpha value is -2.35. The average Bonchev–Trinajstić information content (AvgIpc) is 2.73. The third-order valence-electron chi connectivity index (χ3n) is 5.05. The van der Waals surface area contributed by atoms with Crippen molar-refractivity contribution in [3.63, 3.8) is 0 Å². The molecule has 0 unspecified atom stereocenters. The van der Waals surface area contributed by atoms with Crippen molar-refractivity contribution >= 4 is 17.9 Å². The Bertz CT molecular complexity index is 572. The molecule has 0 amide bonds. The number of carboxylic acids is 2. The Morgan fingerprint density at radius 1 is 0.812 bits per heavy atom. The number of aliphatic imine (C=N–C) groups is 1. The summed E-state index contributed by atoms with van der Waals surface area (Å²) < 4.78 is 0. The van der Waals surface area contributed by atoms with E-state index in [4.69, 9.17) is 16.6 Å². The first-order valence-electron chi connectivity index (χ1n) is 12.0. The molecule has 1 atom stereocenters. The maximum absolute atomic E-state index is 11.3. The van der Waals surface area contributed by atoms with E-state index in [1.807, 2.05) is 0 Å². The second-order valence-corrected chi connectivity index (χ2v) is 8.02. The molecule has 7 N–H and O–H groups in total. The van der Waals surface area contributed by atoms with E-state index in [1.54, 1.807) is 0 Å². The van der Waals surface area contributed by atoms with Crippen LogP contribution in [0.1, 0.15) is 89.9 Å². The second kappa shape index (κ2) is 21.9. The van der Waals surface area contributed by atoms with Crippen LogP contribution in [0.3, 0.4) is 0 Å². The molecule has 0 spiro atoms. The Kier molecular flexibility index (Phi) is 20.3. The third-order valence-corrected chi connectivity index (χ3v) is 5.05. The summed E-state index contributed by atoms with van der Waals surface area (Å²) in [5.74, 6) is -1.50. The van der Waals surface area contributed by atoms with E-state index in [0.717, 1.165) is 57.8 Å². The zero-order chi connectivity index (χ0) is 23.9. The summed E-state index contributed by atoms with van der Waals surface area (Å²) in [7, 11) is 0. The molecule has 0 rings (SSSR count). The van der Waals surface area contributed by atoms with E-state index < -0.39 is 18.0 Å². The summed E-state index contributed by atoms with van der Waals surface area (Å²) in [5, 5.41) is 20.9. The summed E-state index contributed by atoms with van der Waals surface area (Å²) in [6, 6.07) is -0.548. The van der Waals surface area contributed by atoms with E-state index in [-0.39, 0.29) is 12.4 Å². The lowest BCUT2D eigenvalue weighted by molar-refractivity contribution is -0.140. The number of carbonyl (C=O) groups is 2. The van der Waals surface area contributed by atoms with Crippen LogP contribution in [0.25, 0.3) is 0 Å². The van der Waals surface area contributed by atoms with Crippen LogP contribution in [0, 0.1) is 0 Å². The topological polar surface area (TPSA) is 151 Å². The zero-order valence-corrected chi connectivity index (χ0v) is 19.5. The molecule has 32 heavy (non-hydrogen) atoms. The van der Waals surface area contributed by atoms with Gasteiger partial charge in [0, 0.05) is 13.0 Å². The van der Waals surface area contributed by atoms with Crippen molar-refractivity contribution in [1.82, 2.24) is 5.32 Å². The van der Waals surface area contributed by atoms with Crippen LogP contribution in [0.4, 0.5) is 0 Å². The molecule has 8 heteroatoms. The van der Waals surface area contributed by atoms with Crippen molar-refractivity contribution in [2.45, 2.75) is 95.9 Å². The van der Waals surface area contributed by atoms with Gasteiger partial charge in [0.15, 0.2) is 5.96 Å². The first kappa shape index (κ1) is 29.7. The molecule has 0 aliphatic heterocycles. The smallest absolute Gasteiger partial charge is 0.320 e. The van der Waals surface area contributed by atoms with Crippen molar-refractivity contribution in [3.05, 3.63) is 24.3 Å².